The predicted molar refractivity (Wildman–Crippen MR) is 69.6 cm³/mol. The zero-order chi connectivity index (χ0) is 13.3. The standard InChI is InChI=1S/C15H15NO2/c1-4-13(12-8-6-5-7-9-12)16-14(17)10(2)11(3)15(16)18/h4-9,13H,1H2,2-3H3. The molecule has 1 atom stereocenters. The molecule has 2 rings (SSSR count). The zero-order valence-corrected chi connectivity index (χ0v) is 10.5. The largest absolute Gasteiger partial charge is 0.269 e. The minimum atomic E-state index is -0.404. The van der Waals surface area contributed by atoms with Gasteiger partial charge in [0.15, 0.2) is 0 Å². The molecule has 0 bridgehead atoms. The van der Waals surface area contributed by atoms with Crippen LogP contribution in [0.15, 0.2) is 54.1 Å². The van der Waals surface area contributed by atoms with Crippen LogP contribution in [-0.4, -0.2) is 16.7 Å². The van der Waals surface area contributed by atoms with Crippen LogP contribution in [0.25, 0.3) is 0 Å². The zero-order valence-electron chi connectivity index (χ0n) is 10.5. The van der Waals surface area contributed by atoms with Crippen molar-refractivity contribution in [2.24, 2.45) is 0 Å². The van der Waals surface area contributed by atoms with E-state index in [-0.39, 0.29) is 11.8 Å². The molecule has 3 heteroatoms. The monoisotopic (exact) mass is 241 g/mol. The Labute approximate surface area is 106 Å². The minimum absolute atomic E-state index is 0.230. The predicted octanol–water partition coefficient (Wildman–Crippen LogP) is 2.62. The lowest BCUT2D eigenvalue weighted by atomic mass is 10.1. The van der Waals surface area contributed by atoms with Crippen molar-refractivity contribution in [3.8, 4) is 0 Å². The molecule has 0 aliphatic carbocycles. The van der Waals surface area contributed by atoms with E-state index in [0.717, 1.165) is 5.56 Å². The van der Waals surface area contributed by atoms with Crippen molar-refractivity contribution in [2.75, 3.05) is 0 Å². The molecule has 0 saturated heterocycles. The summed E-state index contributed by atoms with van der Waals surface area (Å²) in [6.07, 6.45) is 1.62. The summed E-state index contributed by atoms with van der Waals surface area (Å²) in [5.74, 6) is -0.461. The third kappa shape index (κ3) is 1.78. The lowest BCUT2D eigenvalue weighted by Crippen LogP contribution is -2.34. The van der Waals surface area contributed by atoms with Gasteiger partial charge in [-0.3, -0.25) is 14.5 Å². The molecular formula is C15H15NO2. The Morgan fingerprint density at radius 2 is 1.56 bits per heavy atom. The summed E-state index contributed by atoms with van der Waals surface area (Å²) < 4.78 is 0. The average Bonchev–Trinajstić information content (AvgIpc) is 2.59. The Morgan fingerprint density at radius 3 is 2.00 bits per heavy atom. The molecule has 0 saturated carbocycles. The van der Waals surface area contributed by atoms with Crippen molar-refractivity contribution in [2.45, 2.75) is 19.9 Å². The number of benzene rings is 1. The van der Waals surface area contributed by atoms with Crippen LogP contribution in [0.2, 0.25) is 0 Å². The van der Waals surface area contributed by atoms with E-state index >= 15 is 0 Å². The molecule has 3 nitrogen and oxygen atoms in total. The van der Waals surface area contributed by atoms with Crippen molar-refractivity contribution in [1.29, 1.82) is 0 Å². The van der Waals surface area contributed by atoms with Gasteiger partial charge < -0.3 is 0 Å². The minimum Gasteiger partial charge on any atom is -0.269 e. The number of amides is 2. The summed E-state index contributed by atoms with van der Waals surface area (Å²) >= 11 is 0. The fraction of sp³-hybridized carbons (Fsp3) is 0.200. The second kappa shape index (κ2) is 4.61. The highest BCUT2D eigenvalue weighted by atomic mass is 16.2. The van der Waals surface area contributed by atoms with E-state index < -0.39 is 6.04 Å². The van der Waals surface area contributed by atoms with Crippen LogP contribution in [0.5, 0.6) is 0 Å². The lowest BCUT2D eigenvalue weighted by Gasteiger charge is -2.24. The maximum atomic E-state index is 12.1. The first kappa shape index (κ1) is 12.3. The maximum absolute atomic E-state index is 12.1. The molecule has 1 aromatic carbocycles. The van der Waals surface area contributed by atoms with Crippen molar-refractivity contribution >= 4 is 11.8 Å². The quantitative estimate of drug-likeness (QED) is 0.602. The van der Waals surface area contributed by atoms with Gasteiger partial charge in [0.1, 0.15) is 0 Å². The molecule has 1 aromatic rings. The fourth-order valence-corrected chi connectivity index (χ4v) is 2.07. The molecule has 0 spiro atoms. The summed E-state index contributed by atoms with van der Waals surface area (Å²) in [5.41, 5.74) is 1.92. The molecule has 1 aliphatic rings. The third-order valence-corrected chi connectivity index (χ3v) is 3.28. The van der Waals surface area contributed by atoms with E-state index in [4.69, 9.17) is 0 Å². The van der Waals surface area contributed by atoms with Crippen molar-refractivity contribution < 1.29 is 9.59 Å². The lowest BCUT2D eigenvalue weighted by molar-refractivity contribution is -0.139. The highest BCUT2D eigenvalue weighted by Gasteiger charge is 2.37. The molecule has 2 amide bonds. The number of hydrogen-bond acceptors (Lipinski definition) is 2. The van der Waals surface area contributed by atoms with E-state index in [1.54, 1.807) is 19.9 Å². The molecule has 0 fully saturated rings. The van der Waals surface area contributed by atoms with Crippen LogP contribution in [0, 0.1) is 0 Å². The van der Waals surface area contributed by atoms with Gasteiger partial charge in [-0.05, 0) is 19.4 Å². The fourth-order valence-electron chi connectivity index (χ4n) is 2.07. The van der Waals surface area contributed by atoms with Crippen LogP contribution in [0.3, 0.4) is 0 Å². The van der Waals surface area contributed by atoms with Gasteiger partial charge in [0, 0.05) is 11.1 Å². The van der Waals surface area contributed by atoms with Crippen LogP contribution in [0.1, 0.15) is 25.5 Å². The second-order valence-electron chi connectivity index (χ2n) is 4.32. The first-order valence-electron chi connectivity index (χ1n) is 5.80. The molecule has 92 valence electrons. The average molecular weight is 241 g/mol. The molecule has 1 heterocycles. The number of rotatable bonds is 3. The van der Waals surface area contributed by atoms with Crippen molar-refractivity contribution in [3.63, 3.8) is 0 Å². The van der Waals surface area contributed by atoms with Gasteiger partial charge >= 0.3 is 0 Å². The summed E-state index contributed by atoms with van der Waals surface area (Å²) in [4.78, 5) is 25.5. The number of carbonyl (C=O) groups is 2. The molecule has 1 unspecified atom stereocenters. The summed E-state index contributed by atoms with van der Waals surface area (Å²) in [6, 6.07) is 9.02. The van der Waals surface area contributed by atoms with Crippen LogP contribution in [0.4, 0.5) is 0 Å². The molecule has 0 aromatic heterocycles. The normalized spacial score (nSPS) is 17.3. The first-order chi connectivity index (χ1) is 8.57. The summed E-state index contributed by atoms with van der Waals surface area (Å²) in [5, 5.41) is 0. The van der Waals surface area contributed by atoms with Crippen molar-refractivity contribution in [3.05, 3.63) is 59.7 Å². The molecular weight excluding hydrogens is 226 g/mol. The Hall–Kier alpha value is -2.16. The van der Waals surface area contributed by atoms with E-state index in [1.807, 2.05) is 30.3 Å². The van der Waals surface area contributed by atoms with Gasteiger partial charge in [-0.2, -0.15) is 0 Å². The summed E-state index contributed by atoms with van der Waals surface area (Å²) in [7, 11) is 0. The van der Waals surface area contributed by atoms with Crippen LogP contribution < -0.4 is 0 Å². The summed E-state index contributed by atoms with van der Waals surface area (Å²) in [6.45, 7) is 7.10. The maximum Gasteiger partial charge on any atom is 0.257 e. The Morgan fingerprint density at radius 1 is 1.06 bits per heavy atom. The second-order valence-corrected chi connectivity index (χ2v) is 4.32. The first-order valence-corrected chi connectivity index (χ1v) is 5.80. The van der Waals surface area contributed by atoms with E-state index in [9.17, 15) is 9.59 Å². The van der Waals surface area contributed by atoms with Gasteiger partial charge in [0.2, 0.25) is 0 Å². The SMILES string of the molecule is C=CC(c1ccccc1)N1C(=O)C(C)=C(C)C1=O. The van der Waals surface area contributed by atoms with Crippen LogP contribution >= 0.6 is 0 Å². The Balaban J connectivity index is 2.40. The van der Waals surface area contributed by atoms with Gasteiger partial charge in [-0.15, -0.1) is 6.58 Å². The van der Waals surface area contributed by atoms with E-state index in [2.05, 4.69) is 6.58 Å². The number of hydrogen-bond donors (Lipinski definition) is 0. The molecule has 18 heavy (non-hydrogen) atoms. The highest BCUT2D eigenvalue weighted by Crippen LogP contribution is 2.30. The van der Waals surface area contributed by atoms with Gasteiger partial charge in [0.25, 0.3) is 11.8 Å². The van der Waals surface area contributed by atoms with Gasteiger partial charge in [-0.25, -0.2) is 0 Å². The highest BCUT2D eigenvalue weighted by molar-refractivity contribution is 6.19. The van der Waals surface area contributed by atoms with Crippen LogP contribution in [-0.2, 0) is 9.59 Å². The molecule has 1 aliphatic heterocycles. The number of carbonyl (C=O) groups excluding carboxylic acids is 2. The van der Waals surface area contributed by atoms with Gasteiger partial charge in [-0.1, -0.05) is 36.4 Å². The third-order valence-electron chi connectivity index (χ3n) is 3.28. The van der Waals surface area contributed by atoms with Gasteiger partial charge in [0.05, 0.1) is 6.04 Å². The Bertz CT molecular complexity index is 519. The molecule has 0 N–H and O–H groups in total. The smallest absolute Gasteiger partial charge is 0.257 e. The number of nitrogens with zero attached hydrogens (tertiary/aromatic N) is 1. The van der Waals surface area contributed by atoms with E-state index in [0.29, 0.717) is 11.1 Å². The molecule has 0 radical (unpaired) electrons. The Kier molecular flexibility index (Phi) is 3.15. The number of imide groups is 1. The topological polar surface area (TPSA) is 37.4 Å². The van der Waals surface area contributed by atoms with Crippen molar-refractivity contribution in [1.82, 2.24) is 4.90 Å². The van der Waals surface area contributed by atoms with E-state index in [1.165, 1.54) is 4.90 Å².